The molecule has 0 spiro atoms. The molecule has 84 valence electrons. The van der Waals surface area contributed by atoms with Crippen LogP contribution in [0.2, 0.25) is 5.02 Å². The van der Waals surface area contributed by atoms with Crippen molar-refractivity contribution in [1.82, 2.24) is 9.97 Å². The van der Waals surface area contributed by atoms with Gasteiger partial charge < -0.3 is 14.8 Å². The van der Waals surface area contributed by atoms with Crippen LogP contribution in [0.3, 0.4) is 0 Å². The van der Waals surface area contributed by atoms with Crippen molar-refractivity contribution in [3.8, 4) is 5.88 Å². The predicted molar refractivity (Wildman–Crippen MR) is 58.6 cm³/mol. The summed E-state index contributed by atoms with van der Waals surface area (Å²) in [7, 11) is 1.73. The van der Waals surface area contributed by atoms with E-state index < -0.39 is 0 Å². The van der Waals surface area contributed by atoms with Gasteiger partial charge in [0.05, 0.1) is 12.8 Å². The van der Waals surface area contributed by atoms with Gasteiger partial charge in [0.25, 0.3) is 0 Å². The molecule has 0 aliphatic rings. The first-order valence-electron chi connectivity index (χ1n) is 4.68. The lowest BCUT2D eigenvalue weighted by atomic mass is 10.6. The number of hydrogen-bond acceptors (Lipinski definition) is 5. The number of halogens is 1. The van der Waals surface area contributed by atoms with E-state index in [1.165, 1.54) is 6.20 Å². The maximum Gasteiger partial charge on any atom is 0.237 e. The summed E-state index contributed by atoms with van der Waals surface area (Å²) in [5.74, 6) is 0.849. The number of rotatable bonds is 6. The SMILES string of the molecule is CCOCCOc1nc(NC)ncc1Cl. The Morgan fingerprint density at radius 2 is 2.27 bits per heavy atom. The van der Waals surface area contributed by atoms with Crippen LogP contribution in [0.15, 0.2) is 6.20 Å². The Bertz CT molecular complexity index is 309. The van der Waals surface area contributed by atoms with E-state index in [9.17, 15) is 0 Å². The molecule has 1 N–H and O–H groups in total. The Hall–Kier alpha value is -1.07. The second kappa shape index (κ2) is 6.42. The third-order valence-corrected chi connectivity index (χ3v) is 1.87. The summed E-state index contributed by atoms with van der Waals surface area (Å²) >= 11 is 5.85. The molecule has 0 aliphatic carbocycles. The van der Waals surface area contributed by atoms with Crippen LogP contribution in [0.1, 0.15) is 6.92 Å². The van der Waals surface area contributed by atoms with E-state index >= 15 is 0 Å². The Labute approximate surface area is 93.8 Å². The van der Waals surface area contributed by atoms with Crippen LogP contribution in [0, 0.1) is 0 Å². The lowest BCUT2D eigenvalue weighted by molar-refractivity contribution is 0.108. The molecule has 15 heavy (non-hydrogen) atoms. The van der Waals surface area contributed by atoms with E-state index in [1.807, 2.05) is 6.92 Å². The fourth-order valence-corrected chi connectivity index (χ4v) is 1.06. The summed E-state index contributed by atoms with van der Waals surface area (Å²) in [6.45, 7) is 3.54. The van der Waals surface area contributed by atoms with Crippen LogP contribution >= 0.6 is 11.6 Å². The van der Waals surface area contributed by atoms with Gasteiger partial charge in [-0.25, -0.2) is 4.98 Å². The molecular weight excluding hydrogens is 218 g/mol. The van der Waals surface area contributed by atoms with Gasteiger partial charge in [-0.05, 0) is 6.92 Å². The van der Waals surface area contributed by atoms with Crippen LogP contribution in [-0.4, -0.2) is 36.8 Å². The number of nitrogens with one attached hydrogen (secondary N) is 1. The maximum atomic E-state index is 5.85. The van der Waals surface area contributed by atoms with Crippen LogP contribution in [0.5, 0.6) is 5.88 Å². The summed E-state index contributed by atoms with van der Waals surface area (Å²) < 4.78 is 10.5. The summed E-state index contributed by atoms with van der Waals surface area (Å²) in [5.41, 5.74) is 0. The molecule has 0 bridgehead atoms. The normalized spacial score (nSPS) is 10.1. The molecule has 0 atom stereocenters. The average molecular weight is 232 g/mol. The molecule has 0 aliphatic heterocycles. The van der Waals surface area contributed by atoms with E-state index in [-0.39, 0.29) is 0 Å². The number of nitrogens with zero attached hydrogens (tertiary/aromatic N) is 2. The monoisotopic (exact) mass is 231 g/mol. The Kier molecular flexibility index (Phi) is 5.14. The standard InChI is InChI=1S/C9H14ClN3O2/c1-3-14-4-5-15-8-7(10)6-12-9(11-2)13-8/h6H,3-5H2,1-2H3,(H,11,12,13). The van der Waals surface area contributed by atoms with Crippen molar-refractivity contribution in [3.05, 3.63) is 11.2 Å². The first-order valence-corrected chi connectivity index (χ1v) is 5.06. The quantitative estimate of drug-likeness (QED) is 0.754. The molecule has 5 nitrogen and oxygen atoms in total. The van der Waals surface area contributed by atoms with Gasteiger partial charge in [-0.3, -0.25) is 0 Å². The molecule has 1 heterocycles. The minimum Gasteiger partial charge on any atom is -0.474 e. The molecular formula is C9H14ClN3O2. The van der Waals surface area contributed by atoms with Gasteiger partial charge in [0.2, 0.25) is 11.8 Å². The van der Waals surface area contributed by atoms with Crippen LogP contribution in [0.25, 0.3) is 0 Å². The fraction of sp³-hybridized carbons (Fsp3) is 0.556. The van der Waals surface area contributed by atoms with Crippen molar-refractivity contribution in [2.45, 2.75) is 6.92 Å². The predicted octanol–water partition coefficient (Wildman–Crippen LogP) is 1.59. The van der Waals surface area contributed by atoms with Crippen molar-refractivity contribution >= 4 is 17.5 Å². The number of ether oxygens (including phenoxy) is 2. The molecule has 0 fully saturated rings. The molecule has 0 amide bonds. The van der Waals surface area contributed by atoms with E-state index in [4.69, 9.17) is 21.1 Å². The highest BCUT2D eigenvalue weighted by atomic mass is 35.5. The summed E-state index contributed by atoms with van der Waals surface area (Å²) in [6, 6.07) is 0. The van der Waals surface area contributed by atoms with Gasteiger partial charge in [-0.15, -0.1) is 0 Å². The molecule has 0 saturated heterocycles. The lowest BCUT2D eigenvalue weighted by Gasteiger charge is -2.07. The second-order valence-corrected chi connectivity index (χ2v) is 3.05. The molecule has 0 aromatic carbocycles. The molecule has 0 unspecified atom stereocenters. The topological polar surface area (TPSA) is 56.3 Å². The third kappa shape index (κ3) is 3.89. The Balaban J connectivity index is 2.51. The van der Waals surface area contributed by atoms with Crippen LogP contribution in [-0.2, 0) is 4.74 Å². The molecule has 0 saturated carbocycles. The summed E-state index contributed by atoms with van der Waals surface area (Å²) in [6.07, 6.45) is 1.50. The number of hydrogen-bond donors (Lipinski definition) is 1. The highest BCUT2D eigenvalue weighted by molar-refractivity contribution is 6.31. The fourth-order valence-electron chi connectivity index (χ4n) is 0.915. The smallest absolute Gasteiger partial charge is 0.237 e. The molecule has 6 heteroatoms. The summed E-state index contributed by atoms with van der Waals surface area (Å²) in [4.78, 5) is 7.99. The van der Waals surface area contributed by atoms with Crippen molar-refractivity contribution in [1.29, 1.82) is 0 Å². The first-order chi connectivity index (χ1) is 7.27. The van der Waals surface area contributed by atoms with Crippen molar-refractivity contribution in [2.24, 2.45) is 0 Å². The molecule has 1 aromatic rings. The van der Waals surface area contributed by atoms with Crippen LogP contribution in [0.4, 0.5) is 5.95 Å². The van der Waals surface area contributed by atoms with E-state index in [2.05, 4.69) is 15.3 Å². The van der Waals surface area contributed by atoms with E-state index in [0.717, 1.165) is 0 Å². The van der Waals surface area contributed by atoms with Gasteiger partial charge >= 0.3 is 0 Å². The van der Waals surface area contributed by atoms with Gasteiger partial charge in [-0.2, -0.15) is 4.98 Å². The lowest BCUT2D eigenvalue weighted by Crippen LogP contribution is -2.08. The van der Waals surface area contributed by atoms with Gasteiger partial charge in [-0.1, -0.05) is 11.6 Å². The molecule has 1 rings (SSSR count). The van der Waals surface area contributed by atoms with Gasteiger partial charge in [0.1, 0.15) is 11.6 Å². The molecule has 0 radical (unpaired) electrons. The van der Waals surface area contributed by atoms with Crippen molar-refractivity contribution in [2.75, 3.05) is 32.2 Å². The van der Waals surface area contributed by atoms with Gasteiger partial charge in [0.15, 0.2) is 0 Å². The first kappa shape index (κ1) is 12.0. The minimum absolute atomic E-state index is 0.371. The maximum absolute atomic E-state index is 5.85. The van der Waals surface area contributed by atoms with E-state index in [0.29, 0.717) is 36.7 Å². The Morgan fingerprint density at radius 3 is 2.93 bits per heavy atom. The zero-order chi connectivity index (χ0) is 11.1. The minimum atomic E-state index is 0.371. The second-order valence-electron chi connectivity index (χ2n) is 2.64. The van der Waals surface area contributed by atoms with Crippen molar-refractivity contribution in [3.63, 3.8) is 0 Å². The molecule has 1 aromatic heterocycles. The van der Waals surface area contributed by atoms with Crippen LogP contribution < -0.4 is 10.1 Å². The van der Waals surface area contributed by atoms with Crippen molar-refractivity contribution < 1.29 is 9.47 Å². The highest BCUT2D eigenvalue weighted by Crippen LogP contribution is 2.21. The number of anilines is 1. The zero-order valence-electron chi connectivity index (χ0n) is 8.79. The average Bonchev–Trinajstić information content (AvgIpc) is 2.26. The van der Waals surface area contributed by atoms with E-state index in [1.54, 1.807) is 7.05 Å². The number of aromatic nitrogens is 2. The highest BCUT2D eigenvalue weighted by Gasteiger charge is 2.05. The Morgan fingerprint density at radius 1 is 1.47 bits per heavy atom. The zero-order valence-corrected chi connectivity index (χ0v) is 9.54. The third-order valence-electron chi connectivity index (χ3n) is 1.61. The summed E-state index contributed by atoms with van der Waals surface area (Å²) in [5, 5.41) is 3.20. The largest absolute Gasteiger partial charge is 0.474 e. The van der Waals surface area contributed by atoms with Gasteiger partial charge in [0, 0.05) is 13.7 Å².